The number of hydrogen-bond donors (Lipinski definition) is 2. The number of rotatable bonds is 9. The Morgan fingerprint density at radius 2 is 2.05 bits per heavy atom. The zero-order valence-electron chi connectivity index (χ0n) is 19.9. The van der Waals surface area contributed by atoms with Crippen molar-refractivity contribution in [3.63, 3.8) is 0 Å². The van der Waals surface area contributed by atoms with Gasteiger partial charge in [0.15, 0.2) is 17.3 Å². The molecule has 1 fully saturated rings. The van der Waals surface area contributed by atoms with Crippen LogP contribution < -0.4 is 15.4 Å². The molecule has 1 aliphatic heterocycles. The molecule has 8 nitrogen and oxygen atoms in total. The van der Waals surface area contributed by atoms with Gasteiger partial charge in [0, 0.05) is 24.2 Å². The van der Waals surface area contributed by atoms with E-state index in [0.717, 1.165) is 23.8 Å². The summed E-state index contributed by atoms with van der Waals surface area (Å²) in [4.78, 5) is 21.6. The van der Waals surface area contributed by atoms with Crippen molar-refractivity contribution in [1.82, 2.24) is 19.2 Å². The van der Waals surface area contributed by atoms with E-state index in [9.17, 15) is 31.1 Å². The van der Waals surface area contributed by atoms with Gasteiger partial charge < -0.3 is 15.4 Å². The summed E-state index contributed by atoms with van der Waals surface area (Å²) in [6.45, 7) is 2.33. The van der Waals surface area contributed by atoms with Gasteiger partial charge in [-0.05, 0) is 43.6 Å². The quantitative estimate of drug-likeness (QED) is 0.341. The third-order valence-corrected chi connectivity index (χ3v) is 6.56. The lowest BCUT2D eigenvalue weighted by Gasteiger charge is -2.16. The predicted molar refractivity (Wildman–Crippen MR) is 128 cm³/mol. The number of carbonyl (C=O) groups excluding carboxylic acids is 1. The van der Waals surface area contributed by atoms with E-state index in [2.05, 4.69) is 25.0 Å². The lowest BCUT2D eigenvalue weighted by Crippen LogP contribution is -2.27. The highest BCUT2D eigenvalue weighted by molar-refractivity contribution is 7.10. The Bertz CT molecular complexity index is 1270. The Kier molecular flexibility index (Phi) is 8.35. The molecule has 4 rings (SSSR count). The largest absolute Gasteiger partial charge is 0.490 e. The zero-order valence-corrected chi connectivity index (χ0v) is 20.7. The second-order valence-electron chi connectivity index (χ2n) is 8.60. The minimum atomic E-state index is -4.64. The number of halogens is 6. The molecule has 38 heavy (non-hydrogen) atoms. The van der Waals surface area contributed by atoms with Gasteiger partial charge >= 0.3 is 6.18 Å². The second-order valence-corrected chi connectivity index (χ2v) is 9.37. The molecule has 204 valence electrons. The molecule has 0 saturated carbocycles. The summed E-state index contributed by atoms with van der Waals surface area (Å²) < 4.78 is 87.3. The van der Waals surface area contributed by atoms with Gasteiger partial charge in [0.1, 0.15) is 10.8 Å². The maximum atomic E-state index is 14.3. The van der Waals surface area contributed by atoms with E-state index < -0.39 is 30.0 Å². The van der Waals surface area contributed by atoms with Gasteiger partial charge in [-0.1, -0.05) is 0 Å². The number of aromatic nitrogens is 3. The smallest absolute Gasteiger partial charge is 0.434 e. The van der Waals surface area contributed by atoms with Crippen LogP contribution in [0, 0.1) is 18.7 Å². The first kappa shape index (κ1) is 27.6. The minimum Gasteiger partial charge on any atom is -0.490 e. The van der Waals surface area contributed by atoms with Crippen LogP contribution in [0.5, 0.6) is 5.75 Å². The van der Waals surface area contributed by atoms with Crippen LogP contribution in [0.3, 0.4) is 0 Å². The SMILES string of the molecule is Cc1nsc(Nc2cnc(C(F)(F)F)cn2)c1C(=O)Nc1ccc(F)c(OC[C@H]2CCN(CC(F)F)C2)c1. The highest BCUT2D eigenvalue weighted by atomic mass is 32.1. The molecule has 0 spiro atoms. The molecule has 0 unspecified atom stereocenters. The van der Waals surface area contributed by atoms with Crippen LogP contribution >= 0.6 is 11.5 Å². The summed E-state index contributed by atoms with van der Waals surface area (Å²) in [7, 11) is 0. The first-order chi connectivity index (χ1) is 18.0. The van der Waals surface area contributed by atoms with E-state index >= 15 is 0 Å². The zero-order chi connectivity index (χ0) is 27.4. The van der Waals surface area contributed by atoms with Crippen molar-refractivity contribution in [1.29, 1.82) is 0 Å². The Balaban J connectivity index is 1.40. The Morgan fingerprint density at radius 1 is 1.26 bits per heavy atom. The lowest BCUT2D eigenvalue weighted by molar-refractivity contribution is -0.141. The fourth-order valence-electron chi connectivity index (χ4n) is 3.88. The molecule has 1 atom stereocenters. The topological polar surface area (TPSA) is 92.3 Å². The number of alkyl halides is 5. The number of likely N-dealkylation sites (tertiary alicyclic amines) is 1. The van der Waals surface area contributed by atoms with Crippen molar-refractivity contribution in [3.05, 3.63) is 53.4 Å². The molecular formula is C23H22F6N6O2S. The molecule has 0 radical (unpaired) electrons. The molecule has 0 bridgehead atoms. The molecule has 1 amide bonds. The number of anilines is 3. The molecule has 3 heterocycles. The highest BCUT2D eigenvalue weighted by Gasteiger charge is 2.33. The normalized spacial score (nSPS) is 16.2. The van der Waals surface area contributed by atoms with Gasteiger partial charge in [0.25, 0.3) is 12.3 Å². The molecule has 15 heteroatoms. The van der Waals surface area contributed by atoms with Crippen LogP contribution in [-0.4, -0.2) is 57.8 Å². The molecule has 0 aliphatic carbocycles. The standard InChI is InChI=1S/C23H22F6N6O2S/c1-12-20(22(38-34-12)33-19-8-30-17(7-31-19)23(27,28)29)21(36)32-14-2-3-15(24)16(6-14)37-11-13-4-5-35(9-13)10-18(25)26/h2-3,6-8,13,18H,4-5,9-11H2,1H3,(H,31,33)(H,32,36)/t13-/m0/s1. The Hall–Kier alpha value is -3.46. The van der Waals surface area contributed by atoms with Gasteiger partial charge in [-0.25, -0.2) is 23.1 Å². The summed E-state index contributed by atoms with van der Waals surface area (Å²) in [5.74, 6) is -1.41. The molecule has 2 aromatic heterocycles. The first-order valence-electron chi connectivity index (χ1n) is 11.4. The Labute approximate surface area is 217 Å². The van der Waals surface area contributed by atoms with Crippen molar-refractivity contribution in [2.45, 2.75) is 25.9 Å². The van der Waals surface area contributed by atoms with Crippen LogP contribution in [0.15, 0.2) is 30.6 Å². The summed E-state index contributed by atoms with van der Waals surface area (Å²) in [6, 6.07) is 3.77. The number of hydrogen-bond acceptors (Lipinski definition) is 8. The summed E-state index contributed by atoms with van der Waals surface area (Å²) >= 11 is 0.904. The van der Waals surface area contributed by atoms with Crippen LogP contribution in [0.1, 0.15) is 28.2 Å². The maximum absolute atomic E-state index is 14.3. The third-order valence-electron chi connectivity index (χ3n) is 5.70. The van der Waals surface area contributed by atoms with Crippen molar-refractivity contribution >= 4 is 33.9 Å². The molecule has 1 aliphatic rings. The van der Waals surface area contributed by atoms with E-state index in [4.69, 9.17) is 4.74 Å². The summed E-state index contributed by atoms with van der Waals surface area (Å²) in [5, 5.41) is 5.60. The van der Waals surface area contributed by atoms with Gasteiger partial charge in [-0.15, -0.1) is 0 Å². The van der Waals surface area contributed by atoms with Gasteiger partial charge in [0.05, 0.1) is 36.8 Å². The fourth-order valence-corrected chi connectivity index (χ4v) is 4.68. The monoisotopic (exact) mass is 560 g/mol. The van der Waals surface area contributed by atoms with Crippen LogP contribution in [0.4, 0.5) is 42.8 Å². The van der Waals surface area contributed by atoms with Crippen LogP contribution in [0.25, 0.3) is 0 Å². The number of aryl methyl sites for hydroxylation is 1. The molecule has 1 aromatic carbocycles. The first-order valence-corrected chi connectivity index (χ1v) is 12.1. The number of ether oxygens (including phenoxy) is 1. The summed E-state index contributed by atoms with van der Waals surface area (Å²) in [6.07, 6.45) is -4.96. The fraction of sp³-hybridized carbons (Fsp3) is 0.391. The lowest BCUT2D eigenvalue weighted by atomic mass is 10.1. The predicted octanol–water partition coefficient (Wildman–Crippen LogP) is 5.36. The Morgan fingerprint density at radius 3 is 2.74 bits per heavy atom. The van der Waals surface area contributed by atoms with E-state index in [1.165, 1.54) is 12.1 Å². The van der Waals surface area contributed by atoms with Crippen molar-refractivity contribution < 1.29 is 35.9 Å². The van der Waals surface area contributed by atoms with Crippen LogP contribution in [-0.2, 0) is 6.18 Å². The van der Waals surface area contributed by atoms with E-state index in [0.29, 0.717) is 31.4 Å². The highest BCUT2D eigenvalue weighted by Crippen LogP contribution is 2.31. The van der Waals surface area contributed by atoms with Gasteiger partial charge in [0.2, 0.25) is 0 Å². The average Bonchev–Trinajstić information content (AvgIpc) is 3.44. The number of carbonyl (C=O) groups is 1. The number of amides is 1. The maximum Gasteiger partial charge on any atom is 0.434 e. The minimum absolute atomic E-state index is 0.0211. The second kappa shape index (κ2) is 11.5. The summed E-state index contributed by atoms with van der Waals surface area (Å²) in [5.41, 5.74) is -0.464. The number of nitrogens with one attached hydrogen (secondary N) is 2. The van der Waals surface area contributed by atoms with Crippen molar-refractivity contribution in [2.75, 3.05) is 36.9 Å². The van der Waals surface area contributed by atoms with Crippen molar-refractivity contribution in [2.24, 2.45) is 5.92 Å². The van der Waals surface area contributed by atoms with Crippen molar-refractivity contribution in [3.8, 4) is 5.75 Å². The van der Waals surface area contributed by atoms with E-state index in [1.54, 1.807) is 11.8 Å². The van der Waals surface area contributed by atoms with E-state index in [-0.39, 0.29) is 46.9 Å². The van der Waals surface area contributed by atoms with Crippen LogP contribution in [0.2, 0.25) is 0 Å². The number of benzene rings is 1. The average molecular weight is 561 g/mol. The molecular weight excluding hydrogens is 538 g/mol. The van der Waals surface area contributed by atoms with Gasteiger partial charge in [-0.3, -0.25) is 9.69 Å². The molecule has 3 aromatic rings. The molecule has 1 saturated heterocycles. The van der Waals surface area contributed by atoms with E-state index in [1.807, 2.05) is 0 Å². The third kappa shape index (κ3) is 6.89. The van der Waals surface area contributed by atoms with Gasteiger partial charge in [-0.2, -0.15) is 17.5 Å². The number of nitrogens with zero attached hydrogens (tertiary/aromatic N) is 4. The molecule has 2 N–H and O–H groups in total.